The number of nitrogens with one attached hydrogen (secondary N) is 1. The van der Waals surface area contributed by atoms with Gasteiger partial charge in [0.25, 0.3) is 0 Å². The van der Waals surface area contributed by atoms with E-state index in [4.69, 9.17) is 0 Å². The van der Waals surface area contributed by atoms with Crippen LogP contribution >= 0.6 is 11.8 Å². The number of rotatable bonds is 4. The average molecular weight is 213 g/mol. The third-order valence-corrected chi connectivity index (χ3v) is 3.91. The third kappa shape index (κ3) is 2.89. The Hall–Kier alpha value is -0.220. The summed E-state index contributed by atoms with van der Waals surface area (Å²) in [6.07, 6.45) is 2.77. The van der Waals surface area contributed by atoms with Crippen molar-refractivity contribution in [3.63, 3.8) is 0 Å². The first-order chi connectivity index (χ1) is 6.75. The van der Waals surface area contributed by atoms with Crippen LogP contribution in [0, 0.1) is 0 Å². The molecule has 1 saturated heterocycles. The molecule has 14 heavy (non-hydrogen) atoms. The Bertz CT molecular complexity index is 225. The van der Waals surface area contributed by atoms with Crippen LogP contribution in [0.3, 0.4) is 0 Å². The highest BCUT2D eigenvalue weighted by molar-refractivity contribution is 8.14. The van der Waals surface area contributed by atoms with Crippen molar-refractivity contribution in [3.05, 3.63) is 0 Å². The van der Waals surface area contributed by atoms with Crippen LogP contribution in [-0.2, 0) is 0 Å². The van der Waals surface area contributed by atoms with Crippen molar-refractivity contribution in [1.82, 2.24) is 10.2 Å². The van der Waals surface area contributed by atoms with Crippen molar-refractivity contribution < 1.29 is 0 Å². The van der Waals surface area contributed by atoms with E-state index in [2.05, 4.69) is 29.2 Å². The minimum atomic E-state index is 0.597. The van der Waals surface area contributed by atoms with Gasteiger partial charge in [-0.2, -0.15) is 0 Å². The van der Waals surface area contributed by atoms with Crippen molar-refractivity contribution in [1.29, 1.82) is 0 Å². The summed E-state index contributed by atoms with van der Waals surface area (Å²) >= 11 is 1.85. The van der Waals surface area contributed by atoms with Gasteiger partial charge in [-0.05, 0) is 26.8 Å². The van der Waals surface area contributed by atoms with Crippen molar-refractivity contribution in [2.24, 2.45) is 4.99 Å². The van der Waals surface area contributed by atoms with Crippen LogP contribution in [0.4, 0.5) is 0 Å². The molecule has 3 nitrogen and oxygen atoms in total. The number of likely N-dealkylation sites (N-methyl/N-ethyl adjacent to an activating group) is 1. The molecule has 2 fully saturated rings. The van der Waals surface area contributed by atoms with E-state index in [0.29, 0.717) is 6.04 Å². The summed E-state index contributed by atoms with van der Waals surface area (Å²) in [5, 5.41) is 4.51. The van der Waals surface area contributed by atoms with Crippen molar-refractivity contribution in [2.75, 3.05) is 25.9 Å². The second-order valence-electron chi connectivity index (χ2n) is 4.26. The quantitative estimate of drug-likeness (QED) is 0.759. The van der Waals surface area contributed by atoms with Gasteiger partial charge >= 0.3 is 0 Å². The van der Waals surface area contributed by atoms with Crippen LogP contribution in [0.5, 0.6) is 0 Å². The average Bonchev–Trinajstić information content (AvgIpc) is 2.92. The van der Waals surface area contributed by atoms with Gasteiger partial charge in [-0.1, -0.05) is 11.8 Å². The molecule has 0 aromatic heterocycles. The fourth-order valence-electron chi connectivity index (χ4n) is 1.60. The van der Waals surface area contributed by atoms with Crippen LogP contribution in [-0.4, -0.2) is 48.0 Å². The molecule has 1 unspecified atom stereocenters. The molecule has 1 N–H and O–H groups in total. The second-order valence-corrected chi connectivity index (χ2v) is 5.26. The van der Waals surface area contributed by atoms with Crippen LogP contribution < -0.4 is 5.32 Å². The van der Waals surface area contributed by atoms with Crippen LogP contribution in [0.15, 0.2) is 4.99 Å². The number of amidine groups is 1. The zero-order valence-electron chi connectivity index (χ0n) is 8.99. The molecule has 0 aromatic rings. The molecule has 0 spiro atoms. The highest BCUT2D eigenvalue weighted by atomic mass is 32.2. The minimum Gasteiger partial charge on any atom is -0.362 e. The highest BCUT2D eigenvalue weighted by Crippen LogP contribution is 2.24. The molecule has 80 valence electrons. The second kappa shape index (κ2) is 4.53. The van der Waals surface area contributed by atoms with E-state index in [-0.39, 0.29) is 0 Å². The number of thioether (sulfide) groups is 1. The molecule has 0 aromatic carbocycles. The van der Waals surface area contributed by atoms with Gasteiger partial charge in [-0.3, -0.25) is 4.99 Å². The first-order valence-corrected chi connectivity index (χ1v) is 6.38. The fourth-order valence-corrected chi connectivity index (χ4v) is 2.55. The van der Waals surface area contributed by atoms with E-state index in [1.807, 2.05) is 11.8 Å². The summed E-state index contributed by atoms with van der Waals surface area (Å²) < 4.78 is 0. The molecule has 0 radical (unpaired) electrons. The Morgan fingerprint density at radius 2 is 2.36 bits per heavy atom. The summed E-state index contributed by atoms with van der Waals surface area (Å²) in [5.74, 6) is 1.16. The molecule has 4 heteroatoms. The Kier molecular flexibility index (Phi) is 3.34. The summed E-state index contributed by atoms with van der Waals surface area (Å²) in [6, 6.07) is 1.46. The molecule has 1 heterocycles. The summed E-state index contributed by atoms with van der Waals surface area (Å²) in [5.41, 5.74) is 0. The van der Waals surface area contributed by atoms with Gasteiger partial charge in [0, 0.05) is 24.4 Å². The van der Waals surface area contributed by atoms with E-state index in [0.717, 1.165) is 30.1 Å². The summed E-state index contributed by atoms with van der Waals surface area (Å²) in [6.45, 7) is 4.24. The van der Waals surface area contributed by atoms with E-state index < -0.39 is 0 Å². The first kappa shape index (κ1) is 10.3. The van der Waals surface area contributed by atoms with Gasteiger partial charge in [-0.25, -0.2) is 0 Å². The van der Waals surface area contributed by atoms with Gasteiger partial charge in [0.15, 0.2) is 5.17 Å². The predicted octanol–water partition coefficient (Wildman–Crippen LogP) is 1.16. The van der Waals surface area contributed by atoms with Crippen molar-refractivity contribution >= 4 is 16.9 Å². The molecule has 0 amide bonds. The third-order valence-electron chi connectivity index (χ3n) is 2.72. The Labute approximate surface area is 90.3 Å². The minimum absolute atomic E-state index is 0.597. The van der Waals surface area contributed by atoms with Crippen LogP contribution in [0.1, 0.15) is 19.8 Å². The van der Waals surface area contributed by atoms with Gasteiger partial charge in [0.05, 0.1) is 6.54 Å². The smallest absolute Gasteiger partial charge is 0.156 e. The summed E-state index contributed by atoms with van der Waals surface area (Å²) in [4.78, 5) is 6.97. The zero-order chi connectivity index (χ0) is 9.97. The Balaban J connectivity index is 1.65. The predicted molar refractivity (Wildman–Crippen MR) is 63.0 cm³/mol. The van der Waals surface area contributed by atoms with E-state index in [1.165, 1.54) is 12.8 Å². The van der Waals surface area contributed by atoms with Gasteiger partial charge < -0.3 is 10.2 Å². The van der Waals surface area contributed by atoms with Crippen LogP contribution in [0.2, 0.25) is 0 Å². The Morgan fingerprint density at radius 3 is 2.93 bits per heavy atom. The lowest BCUT2D eigenvalue weighted by Crippen LogP contribution is -2.26. The van der Waals surface area contributed by atoms with Gasteiger partial charge in [0.2, 0.25) is 0 Å². The number of hydrogen-bond donors (Lipinski definition) is 1. The van der Waals surface area contributed by atoms with Crippen molar-refractivity contribution in [2.45, 2.75) is 31.8 Å². The normalized spacial score (nSPS) is 29.9. The van der Waals surface area contributed by atoms with E-state index in [1.54, 1.807) is 0 Å². The standard InChI is InChI=1S/C10H19N3S/c1-8-7-14-10(12-8)11-5-6-13(2)9-3-4-9/h8-9H,3-7H2,1-2H3,(H,11,12). The highest BCUT2D eigenvalue weighted by Gasteiger charge is 2.25. The number of hydrogen-bond acceptors (Lipinski definition) is 3. The lowest BCUT2D eigenvalue weighted by molar-refractivity contribution is 0.334. The van der Waals surface area contributed by atoms with E-state index >= 15 is 0 Å². The maximum Gasteiger partial charge on any atom is 0.156 e. The fraction of sp³-hybridized carbons (Fsp3) is 0.900. The molecule has 1 atom stereocenters. The Morgan fingerprint density at radius 1 is 1.57 bits per heavy atom. The largest absolute Gasteiger partial charge is 0.362 e. The molecular weight excluding hydrogens is 194 g/mol. The molecule has 2 rings (SSSR count). The lowest BCUT2D eigenvalue weighted by atomic mass is 10.4. The molecule has 1 aliphatic carbocycles. The number of nitrogens with zero attached hydrogens (tertiary/aromatic N) is 2. The first-order valence-electron chi connectivity index (χ1n) is 5.40. The maximum atomic E-state index is 4.55. The monoisotopic (exact) mass is 213 g/mol. The SMILES string of the molecule is CC1CSC(=NCCN(C)C2CC2)N1. The molecule has 2 aliphatic rings. The summed E-state index contributed by atoms with van der Waals surface area (Å²) in [7, 11) is 2.20. The van der Waals surface area contributed by atoms with E-state index in [9.17, 15) is 0 Å². The van der Waals surface area contributed by atoms with Crippen molar-refractivity contribution in [3.8, 4) is 0 Å². The van der Waals surface area contributed by atoms with Gasteiger partial charge in [0.1, 0.15) is 0 Å². The number of aliphatic imine (C=N–C) groups is 1. The molecule has 1 aliphatic heterocycles. The maximum absolute atomic E-state index is 4.55. The molecule has 1 saturated carbocycles. The zero-order valence-corrected chi connectivity index (χ0v) is 9.81. The molecule has 0 bridgehead atoms. The lowest BCUT2D eigenvalue weighted by Gasteiger charge is -2.13. The van der Waals surface area contributed by atoms with Gasteiger partial charge in [-0.15, -0.1) is 0 Å². The van der Waals surface area contributed by atoms with Crippen LogP contribution in [0.25, 0.3) is 0 Å². The molecular formula is C10H19N3S. The topological polar surface area (TPSA) is 27.6 Å².